The predicted octanol–water partition coefficient (Wildman–Crippen LogP) is 12.6. The number of hydrogen-bond donors (Lipinski definition) is 0. The lowest BCUT2D eigenvalue weighted by atomic mass is 9.90. The van der Waals surface area contributed by atoms with E-state index in [1.807, 2.05) is 12.1 Å². The van der Waals surface area contributed by atoms with Gasteiger partial charge in [-0.1, -0.05) is 91.0 Å². The number of aryl methyl sites for hydroxylation is 2. The zero-order valence-corrected chi connectivity index (χ0v) is 25.9. The summed E-state index contributed by atoms with van der Waals surface area (Å²) in [5.41, 5.74) is 14.5. The molecule has 47 heavy (non-hydrogen) atoms. The van der Waals surface area contributed by atoms with Gasteiger partial charge in [0.15, 0.2) is 11.2 Å². The van der Waals surface area contributed by atoms with Crippen LogP contribution in [-0.2, 0) is 0 Å². The molecule has 0 spiro atoms. The Morgan fingerprint density at radius 3 is 1.43 bits per heavy atom. The predicted molar refractivity (Wildman–Crippen MR) is 196 cm³/mol. The van der Waals surface area contributed by atoms with Crippen LogP contribution in [0.2, 0.25) is 0 Å². The van der Waals surface area contributed by atoms with Crippen molar-refractivity contribution in [2.24, 2.45) is 0 Å². The minimum absolute atomic E-state index is 0.902. The molecule has 11 rings (SSSR count). The van der Waals surface area contributed by atoms with E-state index in [0.717, 1.165) is 54.9 Å². The first-order valence-electron chi connectivity index (χ1n) is 16.2. The molecule has 0 radical (unpaired) electrons. The number of hydrogen-bond acceptors (Lipinski definition) is 2. The molecule has 4 aromatic heterocycles. The lowest BCUT2D eigenvalue weighted by molar-refractivity contribution is 0.670. The third kappa shape index (κ3) is 3.20. The van der Waals surface area contributed by atoms with Crippen molar-refractivity contribution in [3.63, 3.8) is 0 Å². The maximum Gasteiger partial charge on any atom is 0.160 e. The summed E-state index contributed by atoms with van der Waals surface area (Å²) in [6, 6.07) is 45.8. The molecule has 0 aliphatic rings. The first-order valence-corrected chi connectivity index (χ1v) is 16.2. The highest BCUT2D eigenvalue weighted by atomic mass is 16.3. The maximum atomic E-state index is 6.70. The van der Waals surface area contributed by atoms with Crippen LogP contribution in [0.15, 0.2) is 136 Å². The Kier molecular flexibility index (Phi) is 4.71. The topological polar surface area (TPSA) is 30.7 Å². The molecule has 0 amide bonds. The van der Waals surface area contributed by atoms with Crippen LogP contribution in [0.25, 0.3) is 104 Å². The molecule has 0 N–H and O–H groups in total. The fourth-order valence-corrected chi connectivity index (χ4v) is 8.41. The van der Waals surface area contributed by atoms with Gasteiger partial charge in [-0.2, -0.15) is 0 Å². The van der Waals surface area contributed by atoms with Gasteiger partial charge in [-0.15, -0.1) is 0 Å². The maximum absolute atomic E-state index is 6.70. The van der Waals surface area contributed by atoms with Gasteiger partial charge < -0.3 is 13.2 Å². The Morgan fingerprint density at radius 2 is 0.872 bits per heavy atom. The van der Waals surface area contributed by atoms with E-state index in [0.29, 0.717) is 0 Å². The fraction of sp³-hybridized carbons (Fsp3) is 0.0455. The molecule has 0 aliphatic heterocycles. The van der Waals surface area contributed by atoms with Gasteiger partial charge in [-0.3, -0.25) is 0 Å². The molecule has 0 bridgehead atoms. The van der Waals surface area contributed by atoms with Crippen LogP contribution >= 0.6 is 0 Å². The van der Waals surface area contributed by atoms with Gasteiger partial charge in [0.05, 0.1) is 16.6 Å². The summed E-state index contributed by atoms with van der Waals surface area (Å²) in [6.07, 6.45) is 0. The van der Waals surface area contributed by atoms with Crippen molar-refractivity contribution in [2.75, 3.05) is 0 Å². The number of aromatic nitrogens is 1. The number of nitrogens with zero attached hydrogens (tertiary/aromatic N) is 1. The van der Waals surface area contributed by atoms with E-state index in [2.05, 4.69) is 134 Å². The van der Waals surface area contributed by atoms with Crippen LogP contribution in [-0.4, -0.2) is 4.40 Å². The second kappa shape index (κ2) is 8.80. The van der Waals surface area contributed by atoms with E-state index >= 15 is 0 Å². The summed E-state index contributed by atoms with van der Waals surface area (Å²) in [7, 11) is 0. The summed E-state index contributed by atoms with van der Waals surface area (Å²) in [5, 5.41) is 9.34. The monoisotopic (exact) mass is 601 g/mol. The van der Waals surface area contributed by atoms with Gasteiger partial charge in [0.2, 0.25) is 0 Å². The summed E-state index contributed by atoms with van der Waals surface area (Å²) in [4.78, 5) is 0. The van der Waals surface area contributed by atoms with Crippen molar-refractivity contribution in [3.8, 4) is 22.3 Å². The van der Waals surface area contributed by atoms with Gasteiger partial charge in [0.1, 0.15) is 11.2 Å². The molecule has 11 aromatic rings. The van der Waals surface area contributed by atoms with E-state index in [9.17, 15) is 0 Å². The first-order chi connectivity index (χ1) is 23.1. The molecule has 0 saturated heterocycles. The SMILES string of the molecule is Cc1cc(-c2ccccc2)cc(C)c1-c1cc2c3ccc4c5ccccc5oc4c3n3c2c(c1)c1ccc2c4ccccc4oc2c13. The molecule has 7 aromatic carbocycles. The van der Waals surface area contributed by atoms with Crippen molar-refractivity contribution in [3.05, 3.63) is 139 Å². The van der Waals surface area contributed by atoms with Crippen LogP contribution in [0.3, 0.4) is 0 Å². The standard InChI is InChI=1S/C44H27NO2/c1-24-20-27(26-10-4-3-5-11-26)21-25(2)39(24)28-22-35-31-16-18-33-29-12-6-8-14-37(29)46-43(33)41(31)45-40(35)36(23-28)32-17-19-34-30-13-7-9-15-38(30)47-44(34)42(32)45/h3-23H,1-2H3. The van der Waals surface area contributed by atoms with Crippen LogP contribution in [0.4, 0.5) is 0 Å². The average Bonchev–Trinajstić information content (AvgIpc) is 3.84. The molecule has 0 aliphatic carbocycles. The molecule has 0 saturated carbocycles. The van der Waals surface area contributed by atoms with Crippen molar-refractivity contribution >= 4 is 82.0 Å². The Labute approximate surface area is 269 Å². The van der Waals surface area contributed by atoms with Crippen molar-refractivity contribution < 1.29 is 8.83 Å². The average molecular weight is 602 g/mol. The van der Waals surface area contributed by atoms with Crippen LogP contribution in [0.5, 0.6) is 0 Å². The molecule has 0 fully saturated rings. The molecular weight excluding hydrogens is 574 g/mol. The summed E-state index contributed by atoms with van der Waals surface area (Å²) >= 11 is 0. The molecule has 220 valence electrons. The molecule has 3 heteroatoms. The number of fused-ring (bicyclic) bond motifs is 14. The molecule has 3 nitrogen and oxygen atoms in total. The second-order valence-electron chi connectivity index (χ2n) is 13.0. The molecular formula is C44H27NO2. The van der Waals surface area contributed by atoms with Gasteiger partial charge in [-0.05, 0) is 83.6 Å². The van der Waals surface area contributed by atoms with Crippen molar-refractivity contribution in [1.29, 1.82) is 0 Å². The zero-order chi connectivity index (χ0) is 31.0. The number of rotatable bonds is 2. The summed E-state index contributed by atoms with van der Waals surface area (Å²) in [6.45, 7) is 4.48. The van der Waals surface area contributed by atoms with E-state index in [1.165, 1.54) is 60.4 Å². The highest BCUT2D eigenvalue weighted by molar-refractivity contribution is 6.32. The highest BCUT2D eigenvalue weighted by Gasteiger charge is 2.25. The molecule has 4 heterocycles. The Hall–Kier alpha value is -6.06. The third-order valence-electron chi connectivity index (χ3n) is 10.3. The largest absolute Gasteiger partial charge is 0.454 e. The van der Waals surface area contributed by atoms with E-state index in [1.54, 1.807) is 0 Å². The zero-order valence-electron chi connectivity index (χ0n) is 25.9. The Morgan fingerprint density at radius 1 is 0.383 bits per heavy atom. The van der Waals surface area contributed by atoms with Gasteiger partial charge >= 0.3 is 0 Å². The van der Waals surface area contributed by atoms with E-state index in [-0.39, 0.29) is 0 Å². The second-order valence-corrected chi connectivity index (χ2v) is 13.0. The number of para-hydroxylation sites is 2. The lowest BCUT2D eigenvalue weighted by Crippen LogP contribution is -1.91. The van der Waals surface area contributed by atoms with E-state index in [4.69, 9.17) is 8.83 Å². The minimum Gasteiger partial charge on any atom is -0.454 e. The minimum atomic E-state index is 0.902. The van der Waals surface area contributed by atoms with Gasteiger partial charge in [-0.25, -0.2) is 0 Å². The normalized spacial score (nSPS) is 12.5. The fourth-order valence-electron chi connectivity index (χ4n) is 8.41. The third-order valence-corrected chi connectivity index (χ3v) is 10.3. The summed E-state index contributed by atoms with van der Waals surface area (Å²) < 4.78 is 15.8. The van der Waals surface area contributed by atoms with Crippen molar-refractivity contribution in [1.82, 2.24) is 4.40 Å². The number of furan rings is 2. The smallest absolute Gasteiger partial charge is 0.160 e. The Balaban J connectivity index is 1.32. The molecule has 0 atom stereocenters. The summed E-state index contributed by atoms with van der Waals surface area (Å²) in [5.74, 6) is 0. The lowest BCUT2D eigenvalue weighted by Gasteiger charge is -2.14. The first kappa shape index (κ1) is 25.2. The van der Waals surface area contributed by atoms with Crippen LogP contribution < -0.4 is 0 Å². The van der Waals surface area contributed by atoms with Crippen molar-refractivity contribution in [2.45, 2.75) is 13.8 Å². The molecule has 0 unspecified atom stereocenters. The van der Waals surface area contributed by atoms with Gasteiger partial charge in [0.25, 0.3) is 0 Å². The van der Waals surface area contributed by atoms with Gasteiger partial charge in [0, 0.05) is 43.1 Å². The Bertz CT molecular complexity index is 2900. The number of benzene rings is 7. The highest BCUT2D eigenvalue weighted by Crippen LogP contribution is 2.48. The van der Waals surface area contributed by atoms with E-state index < -0.39 is 0 Å². The van der Waals surface area contributed by atoms with Crippen LogP contribution in [0.1, 0.15) is 11.1 Å². The van der Waals surface area contributed by atoms with Crippen LogP contribution in [0, 0.1) is 13.8 Å². The quantitative estimate of drug-likeness (QED) is 0.197.